The van der Waals surface area contributed by atoms with E-state index in [0.29, 0.717) is 17.9 Å². The van der Waals surface area contributed by atoms with Crippen LogP contribution in [0.2, 0.25) is 0 Å². The molecular weight excluding hydrogens is 242 g/mol. The van der Waals surface area contributed by atoms with Crippen LogP contribution >= 0.6 is 0 Å². The molecule has 0 fully saturated rings. The standard InChI is InChI=1S/C15H17NO3/c1-3-11-5-4-6-13(7-11)16-9-14-8-12(10-19-14)15(17)18-2/h4-8,10,16H,3,9H2,1-2H3. The van der Waals surface area contributed by atoms with E-state index in [1.807, 2.05) is 12.1 Å². The number of nitrogens with one attached hydrogen (secondary N) is 1. The highest BCUT2D eigenvalue weighted by atomic mass is 16.5. The number of methoxy groups -OCH3 is 1. The second-order valence-electron chi connectivity index (χ2n) is 4.20. The quantitative estimate of drug-likeness (QED) is 0.837. The average Bonchev–Trinajstić information content (AvgIpc) is 2.93. The molecule has 1 aromatic carbocycles. The first-order valence-corrected chi connectivity index (χ1v) is 6.21. The van der Waals surface area contributed by atoms with Gasteiger partial charge in [0, 0.05) is 5.69 Å². The van der Waals surface area contributed by atoms with Crippen molar-refractivity contribution >= 4 is 11.7 Å². The van der Waals surface area contributed by atoms with Crippen LogP contribution in [0.25, 0.3) is 0 Å². The SMILES string of the molecule is CCc1cccc(NCc2cc(C(=O)OC)co2)c1. The summed E-state index contributed by atoms with van der Waals surface area (Å²) in [6, 6.07) is 9.90. The van der Waals surface area contributed by atoms with Crippen LogP contribution in [0.4, 0.5) is 5.69 Å². The number of benzene rings is 1. The zero-order valence-corrected chi connectivity index (χ0v) is 11.1. The minimum absolute atomic E-state index is 0.386. The van der Waals surface area contributed by atoms with Gasteiger partial charge in [0.25, 0.3) is 0 Å². The summed E-state index contributed by atoms with van der Waals surface area (Å²) in [7, 11) is 1.35. The zero-order chi connectivity index (χ0) is 13.7. The van der Waals surface area contributed by atoms with Gasteiger partial charge in [0.1, 0.15) is 12.0 Å². The molecule has 19 heavy (non-hydrogen) atoms. The maximum Gasteiger partial charge on any atom is 0.341 e. The van der Waals surface area contributed by atoms with Crippen molar-refractivity contribution in [1.29, 1.82) is 0 Å². The first-order valence-electron chi connectivity index (χ1n) is 6.21. The Morgan fingerprint density at radius 2 is 2.21 bits per heavy atom. The molecule has 2 aromatic rings. The Morgan fingerprint density at radius 1 is 1.37 bits per heavy atom. The van der Waals surface area contributed by atoms with Gasteiger partial charge >= 0.3 is 5.97 Å². The monoisotopic (exact) mass is 259 g/mol. The maximum atomic E-state index is 11.3. The highest BCUT2D eigenvalue weighted by molar-refractivity contribution is 5.88. The lowest BCUT2D eigenvalue weighted by atomic mass is 10.1. The third kappa shape index (κ3) is 3.37. The third-order valence-corrected chi connectivity index (χ3v) is 2.88. The van der Waals surface area contributed by atoms with E-state index in [-0.39, 0.29) is 5.97 Å². The topological polar surface area (TPSA) is 51.5 Å². The van der Waals surface area contributed by atoms with Gasteiger partial charge < -0.3 is 14.5 Å². The lowest BCUT2D eigenvalue weighted by Crippen LogP contribution is -2.00. The molecule has 1 aromatic heterocycles. The molecule has 0 aliphatic rings. The molecule has 0 unspecified atom stereocenters. The van der Waals surface area contributed by atoms with Crippen molar-refractivity contribution < 1.29 is 13.9 Å². The normalized spacial score (nSPS) is 10.2. The van der Waals surface area contributed by atoms with Gasteiger partial charge in [0.05, 0.1) is 19.2 Å². The van der Waals surface area contributed by atoms with Crippen LogP contribution in [0, 0.1) is 0 Å². The summed E-state index contributed by atoms with van der Waals surface area (Å²) < 4.78 is 9.93. The van der Waals surface area contributed by atoms with E-state index >= 15 is 0 Å². The summed E-state index contributed by atoms with van der Waals surface area (Å²) in [5.74, 6) is 0.310. The molecule has 4 nitrogen and oxygen atoms in total. The number of esters is 1. The number of furan rings is 1. The number of anilines is 1. The zero-order valence-electron chi connectivity index (χ0n) is 11.1. The first kappa shape index (κ1) is 13.2. The van der Waals surface area contributed by atoms with Crippen LogP contribution < -0.4 is 5.32 Å². The van der Waals surface area contributed by atoms with Crippen molar-refractivity contribution in [2.45, 2.75) is 19.9 Å². The predicted molar refractivity (Wildman–Crippen MR) is 73.2 cm³/mol. The molecule has 100 valence electrons. The van der Waals surface area contributed by atoms with Crippen molar-refractivity contribution in [1.82, 2.24) is 0 Å². The van der Waals surface area contributed by atoms with Crippen LogP contribution in [0.5, 0.6) is 0 Å². The Labute approximate surface area is 112 Å². The van der Waals surface area contributed by atoms with Gasteiger partial charge in [-0.1, -0.05) is 19.1 Å². The van der Waals surface area contributed by atoms with Crippen molar-refractivity contribution in [2.75, 3.05) is 12.4 Å². The fourth-order valence-electron chi connectivity index (χ4n) is 1.79. The maximum absolute atomic E-state index is 11.3. The minimum atomic E-state index is -0.386. The van der Waals surface area contributed by atoms with E-state index in [1.165, 1.54) is 18.9 Å². The molecule has 0 atom stereocenters. The van der Waals surface area contributed by atoms with Crippen molar-refractivity contribution in [3.05, 3.63) is 53.5 Å². The van der Waals surface area contributed by atoms with Crippen molar-refractivity contribution in [3.8, 4) is 0 Å². The molecule has 0 spiro atoms. The molecule has 0 saturated heterocycles. The number of hydrogen-bond acceptors (Lipinski definition) is 4. The molecule has 0 saturated carbocycles. The van der Waals surface area contributed by atoms with Crippen molar-refractivity contribution in [3.63, 3.8) is 0 Å². The number of carbonyl (C=O) groups is 1. The molecule has 0 bridgehead atoms. The lowest BCUT2D eigenvalue weighted by molar-refractivity contribution is 0.0600. The predicted octanol–water partition coefficient (Wildman–Crippen LogP) is 3.24. The molecule has 1 N–H and O–H groups in total. The van der Waals surface area contributed by atoms with Crippen molar-refractivity contribution in [2.24, 2.45) is 0 Å². The number of aryl methyl sites for hydroxylation is 1. The molecule has 0 amide bonds. The van der Waals surface area contributed by atoms with E-state index in [0.717, 1.165) is 12.1 Å². The van der Waals surface area contributed by atoms with Crippen LogP contribution in [0.3, 0.4) is 0 Å². The van der Waals surface area contributed by atoms with Gasteiger partial charge in [-0.15, -0.1) is 0 Å². The molecule has 2 rings (SSSR count). The van der Waals surface area contributed by atoms with Gasteiger partial charge in [-0.05, 0) is 30.2 Å². The summed E-state index contributed by atoms with van der Waals surface area (Å²) in [5.41, 5.74) is 2.75. The van der Waals surface area contributed by atoms with E-state index in [1.54, 1.807) is 6.07 Å². The third-order valence-electron chi connectivity index (χ3n) is 2.88. The average molecular weight is 259 g/mol. The summed E-state index contributed by atoms with van der Waals surface area (Å²) >= 11 is 0. The van der Waals surface area contributed by atoms with E-state index < -0.39 is 0 Å². The molecular formula is C15H17NO3. The molecule has 1 heterocycles. The fraction of sp³-hybridized carbons (Fsp3) is 0.267. The van der Waals surface area contributed by atoms with Gasteiger partial charge in [-0.25, -0.2) is 4.79 Å². The van der Waals surface area contributed by atoms with Gasteiger partial charge in [-0.3, -0.25) is 0 Å². The van der Waals surface area contributed by atoms with E-state index in [4.69, 9.17) is 4.42 Å². The Morgan fingerprint density at radius 3 is 2.95 bits per heavy atom. The largest absolute Gasteiger partial charge is 0.467 e. The molecule has 0 aliphatic heterocycles. The fourth-order valence-corrected chi connectivity index (χ4v) is 1.79. The van der Waals surface area contributed by atoms with Crippen LogP contribution in [-0.4, -0.2) is 13.1 Å². The second-order valence-corrected chi connectivity index (χ2v) is 4.20. The number of rotatable bonds is 5. The number of hydrogen-bond donors (Lipinski definition) is 1. The van der Waals surface area contributed by atoms with Gasteiger partial charge in [0.15, 0.2) is 0 Å². The summed E-state index contributed by atoms with van der Waals surface area (Å²) in [6.45, 7) is 2.65. The number of carbonyl (C=O) groups excluding carboxylic acids is 1. The Hall–Kier alpha value is -2.23. The summed E-state index contributed by atoms with van der Waals surface area (Å²) in [6.07, 6.45) is 2.41. The Balaban J connectivity index is 1.98. The number of ether oxygens (including phenoxy) is 1. The first-order chi connectivity index (χ1) is 9.22. The Kier molecular flexibility index (Phi) is 4.23. The van der Waals surface area contributed by atoms with Gasteiger partial charge in [0.2, 0.25) is 0 Å². The summed E-state index contributed by atoms with van der Waals surface area (Å²) in [4.78, 5) is 11.3. The minimum Gasteiger partial charge on any atom is -0.467 e. The van der Waals surface area contributed by atoms with Crippen LogP contribution in [0.15, 0.2) is 41.0 Å². The highest BCUT2D eigenvalue weighted by Crippen LogP contribution is 2.14. The second kappa shape index (κ2) is 6.09. The smallest absolute Gasteiger partial charge is 0.341 e. The molecule has 0 radical (unpaired) electrons. The highest BCUT2D eigenvalue weighted by Gasteiger charge is 2.09. The van der Waals surface area contributed by atoms with E-state index in [9.17, 15) is 4.79 Å². The lowest BCUT2D eigenvalue weighted by Gasteiger charge is -2.05. The summed E-state index contributed by atoms with van der Waals surface area (Å²) in [5, 5.41) is 3.26. The molecule has 0 aliphatic carbocycles. The van der Waals surface area contributed by atoms with E-state index in [2.05, 4.69) is 29.1 Å². The molecule has 4 heteroatoms. The van der Waals surface area contributed by atoms with Gasteiger partial charge in [-0.2, -0.15) is 0 Å². The van der Waals surface area contributed by atoms with Crippen LogP contribution in [-0.2, 0) is 17.7 Å². The van der Waals surface area contributed by atoms with Crippen LogP contribution in [0.1, 0.15) is 28.6 Å². The Bertz CT molecular complexity index is 560.